The zero-order valence-electron chi connectivity index (χ0n) is 19.0. The van der Waals surface area contributed by atoms with Gasteiger partial charge in [-0.3, -0.25) is 9.59 Å². The van der Waals surface area contributed by atoms with Crippen LogP contribution < -0.4 is 4.74 Å². The predicted molar refractivity (Wildman–Crippen MR) is 125 cm³/mol. The monoisotopic (exact) mass is 455 g/mol. The lowest BCUT2D eigenvalue weighted by atomic mass is 9.93. The average molecular weight is 456 g/mol. The first kappa shape index (κ1) is 22.5. The lowest BCUT2D eigenvalue weighted by molar-refractivity contribution is -0.128. The number of carbonyl (C=O) groups is 2. The first-order valence-corrected chi connectivity index (χ1v) is 10.6. The van der Waals surface area contributed by atoms with Crippen molar-refractivity contribution in [2.75, 3.05) is 34.3 Å². The summed E-state index contributed by atoms with van der Waals surface area (Å²) in [6.07, 6.45) is 2.51. The van der Waals surface area contributed by atoms with Gasteiger partial charge in [0.1, 0.15) is 5.69 Å². The Labute approximate surface area is 191 Å². The third-order valence-corrected chi connectivity index (χ3v) is 5.89. The quantitative estimate of drug-likeness (QED) is 0.620. The Morgan fingerprint density at radius 3 is 2.58 bits per heavy atom. The molecule has 2 heterocycles. The van der Waals surface area contributed by atoms with Crippen LogP contribution in [0.1, 0.15) is 30.8 Å². The fourth-order valence-electron chi connectivity index (χ4n) is 4.21. The molecule has 1 N–H and O–H groups in total. The van der Waals surface area contributed by atoms with Crippen LogP contribution in [0.15, 0.2) is 36.4 Å². The zero-order valence-corrected chi connectivity index (χ0v) is 19.0. The number of nitrogens with zero attached hydrogens (tertiary/aromatic N) is 2. The highest BCUT2D eigenvalue weighted by atomic mass is 19.1. The van der Waals surface area contributed by atoms with Crippen molar-refractivity contribution in [1.29, 1.82) is 0 Å². The minimum Gasteiger partial charge on any atom is -0.493 e. The number of carbonyl (C=O) groups excluding carboxylic acids is 2. The summed E-state index contributed by atoms with van der Waals surface area (Å²) in [5, 5.41) is 0.435. The van der Waals surface area contributed by atoms with Crippen LogP contribution >= 0.6 is 0 Å². The fraction of sp³-hybridized carbons (Fsp3) is 0.280. The minimum atomic E-state index is -0.547. The molecule has 8 heteroatoms. The van der Waals surface area contributed by atoms with E-state index in [0.29, 0.717) is 40.6 Å². The largest absolute Gasteiger partial charge is 0.493 e. The minimum absolute atomic E-state index is 0. The highest BCUT2D eigenvalue weighted by Gasteiger charge is 2.25. The summed E-state index contributed by atoms with van der Waals surface area (Å²) in [5.41, 5.74) is 2.26. The topological polar surface area (TPSA) is 65.6 Å². The van der Waals surface area contributed by atoms with Gasteiger partial charge in [-0.2, -0.15) is 0 Å². The van der Waals surface area contributed by atoms with Crippen molar-refractivity contribution >= 4 is 28.3 Å². The van der Waals surface area contributed by atoms with Gasteiger partial charge in [0.05, 0.1) is 12.6 Å². The van der Waals surface area contributed by atoms with Gasteiger partial charge >= 0.3 is 0 Å². The van der Waals surface area contributed by atoms with E-state index in [9.17, 15) is 14.0 Å². The number of nitrogens with one attached hydrogen (secondary N) is 1. The van der Waals surface area contributed by atoms with Gasteiger partial charge in [-0.1, -0.05) is 18.2 Å². The Hall–Kier alpha value is -3.68. The Balaban J connectivity index is 0.00000324. The van der Waals surface area contributed by atoms with E-state index >= 15 is 4.39 Å². The molecule has 0 bridgehead atoms. The second-order valence-electron chi connectivity index (χ2n) is 8.24. The van der Waals surface area contributed by atoms with Crippen molar-refractivity contribution in [3.05, 3.63) is 59.3 Å². The molecule has 0 spiro atoms. The van der Waals surface area contributed by atoms with E-state index in [2.05, 4.69) is 4.98 Å². The summed E-state index contributed by atoms with van der Waals surface area (Å²) in [4.78, 5) is 30.5. The van der Waals surface area contributed by atoms with E-state index in [1.165, 1.54) is 25.0 Å². The first-order valence-electron chi connectivity index (χ1n) is 10.6. The second-order valence-corrected chi connectivity index (χ2v) is 8.24. The van der Waals surface area contributed by atoms with Crippen LogP contribution in [0.3, 0.4) is 0 Å². The number of methoxy groups -OCH3 is 1. The van der Waals surface area contributed by atoms with Gasteiger partial charge in [-0.25, -0.2) is 8.78 Å². The van der Waals surface area contributed by atoms with Crippen LogP contribution in [-0.2, 0) is 4.79 Å². The molecule has 1 aliphatic rings. The summed E-state index contributed by atoms with van der Waals surface area (Å²) in [6, 6.07) is 7.74. The molecule has 2 amide bonds. The van der Waals surface area contributed by atoms with Crippen LogP contribution in [0.2, 0.25) is 0 Å². The molecule has 174 valence electrons. The van der Waals surface area contributed by atoms with E-state index < -0.39 is 11.6 Å². The summed E-state index contributed by atoms with van der Waals surface area (Å²) in [5.74, 6) is -1.45. The van der Waals surface area contributed by atoms with Gasteiger partial charge in [-0.05, 0) is 35.8 Å². The van der Waals surface area contributed by atoms with E-state index in [1.807, 2.05) is 6.08 Å². The van der Waals surface area contributed by atoms with E-state index in [0.717, 1.165) is 0 Å². The van der Waals surface area contributed by atoms with Gasteiger partial charge in [0.2, 0.25) is 5.91 Å². The number of aromatic nitrogens is 1. The number of ether oxygens (including phenoxy) is 1. The van der Waals surface area contributed by atoms with E-state index in [4.69, 9.17) is 4.74 Å². The van der Waals surface area contributed by atoms with Crippen LogP contribution in [0.5, 0.6) is 5.75 Å². The van der Waals surface area contributed by atoms with Gasteiger partial charge in [-0.15, -0.1) is 0 Å². The lowest BCUT2D eigenvalue weighted by Crippen LogP contribution is -2.33. The summed E-state index contributed by atoms with van der Waals surface area (Å²) >= 11 is 0. The molecule has 6 nitrogen and oxygen atoms in total. The SMILES string of the molecule is COc1c(F)cccc1-c1cc(C2=CCCN(C(C)=O)C2)c(F)c2[nH]c(C(=O)N(C)C)cc12.[HH]. The number of aromatic amines is 1. The highest BCUT2D eigenvalue weighted by Crippen LogP contribution is 2.41. The second kappa shape index (κ2) is 8.69. The predicted octanol–water partition coefficient (Wildman–Crippen LogP) is 4.71. The number of halogens is 2. The Bertz CT molecular complexity index is 1300. The molecule has 2 aromatic carbocycles. The number of para-hydroxylation sites is 1. The molecule has 1 aliphatic heterocycles. The number of H-pyrrole nitrogens is 1. The van der Waals surface area contributed by atoms with Crippen LogP contribution in [-0.4, -0.2) is 60.9 Å². The summed E-state index contributed by atoms with van der Waals surface area (Å²) in [7, 11) is 4.58. The molecular formula is C25H27F2N3O3. The van der Waals surface area contributed by atoms with E-state index in [-0.39, 0.29) is 36.7 Å². The van der Waals surface area contributed by atoms with Gasteiger partial charge in [0.15, 0.2) is 17.4 Å². The molecule has 0 atom stereocenters. The number of hydrogen-bond acceptors (Lipinski definition) is 3. The molecule has 0 radical (unpaired) electrons. The normalized spacial score (nSPS) is 13.8. The van der Waals surface area contributed by atoms with Crippen molar-refractivity contribution < 1.29 is 24.5 Å². The Kier molecular flexibility index (Phi) is 5.93. The van der Waals surface area contributed by atoms with Crippen molar-refractivity contribution in [1.82, 2.24) is 14.8 Å². The maximum Gasteiger partial charge on any atom is 0.269 e. The molecule has 0 fully saturated rings. The first-order chi connectivity index (χ1) is 15.7. The molecule has 0 unspecified atom stereocenters. The van der Waals surface area contributed by atoms with Crippen molar-refractivity contribution in [2.45, 2.75) is 13.3 Å². The molecule has 33 heavy (non-hydrogen) atoms. The van der Waals surface area contributed by atoms with Gasteiger partial charge in [0, 0.05) is 52.0 Å². The number of hydrogen-bond donors (Lipinski definition) is 1. The van der Waals surface area contributed by atoms with Crippen LogP contribution in [0, 0.1) is 11.6 Å². The number of fused-ring (bicyclic) bond motifs is 1. The number of benzene rings is 2. The molecule has 0 saturated carbocycles. The van der Waals surface area contributed by atoms with Crippen molar-refractivity contribution in [3.8, 4) is 16.9 Å². The molecule has 3 aromatic rings. The average Bonchev–Trinajstić information content (AvgIpc) is 3.24. The third kappa shape index (κ3) is 3.97. The van der Waals surface area contributed by atoms with Crippen molar-refractivity contribution in [2.24, 2.45) is 0 Å². The molecule has 1 aromatic heterocycles. The highest BCUT2D eigenvalue weighted by molar-refractivity contribution is 6.05. The van der Waals surface area contributed by atoms with Crippen LogP contribution in [0.4, 0.5) is 8.78 Å². The standard InChI is InChI=1S/C25H25F2N3O3.H2/c1-14(31)30-10-6-7-15(13-30)17-11-18(16-8-5-9-20(26)24(16)33-4)19-12-21(25(32)29(2)3)28-23(19)22(17)27;/h5,7-9,11-12,28H,6,10,13H2,1-4H3;1H. The maximum atomic E-state index is 15.8. The van der Waals surface area contributed by atoms with E-state index in [1.54, 1.807) is 43.3 Å². The fourth-order valence-corrected chi connectivity index (χ4v) is 4.21. The molecule has 0 saturated heterocycles. The molecule has 4 rings (SSSR count). The Morgan fingerprint density at radius 2 is 1.91 bits per heavy atom. The summed E-state index contributed by atoms with van der Waals surface area (Å²) in [6.45, 7) is 2.31. The van der Waals surface area contributed by atoms with Crippen LogP contribution in [0.25, 0.3) is 27.6 Å². The lowest BCUT2D eigenvalue weighted by Gasteiger charge is -2.27. The Morgan fingerprint density at radius 1 is 1.15 bits per heavy atom. The third-order valence-electron chi connectivity index (χ3n) is 5.89. The zero-order chi connectivity index (χ0) is 23.9. The van der Waals surface area contributed by atoms with Crippen molar-refractivity contribution in [3.63, 3.8) is 0 Å². The van der Waals surface area contributed by atoms with Gasteiger partial charge in [0.25, 0.3) is 5.91 Å². The van der Waals surface area contributed by atoms with Gasteiger partial charge < -0.3 is 19.5 Å². The smallest absolute Gasteiger partial charge is 0.269 e. The number of amides is 2. The number of rotatable bonds is 4. The maximum absolute atomic E-state index is 15.8. The molecule has 0 aliphatic carbocycles. The molecular weight excluding hydrogens is 428 g/mol. The summed E-state index contributed by atoms with van der Waals surface area (Å²) < 4.78 is 35.7.